The summed E-state index contributed by atoms with van der Waals surface area (Å²) >= 11 is 0. The summed E-state index contributed by atoms with van der Waals surface area (Å²) in [6, 6.07) is 6.47. The lowest BCUT2D eigenvalue weighted by molar-refractivity contribution is -0.149. The van der Waals surface area contributed by atoms with Crippen molar-refractivity contribution < 1.29 is 19.1 Å². The molecule has 1 aliphatic carbocycles. The van der Waals surface area contributed by atoms with Gasteiger partial charge in [-0.05, 0) is 31.0 Å². The van der Waals surface area contributed by atoms with Gasteiger partial charge < -0.3 is 15.2 Å². The molecule has 0 aliphatic heterocycles. The first-order chi connectivity index (χ1) is 8.61. The average Bonchev–Trinajstić information content (AvgIpc) is 3.19. The second-order valence-corrected chi connectivity index (χ2v) is 4.29. The molecule has 18 heavy (non-hydrogen) atoms. The van der Waals surface area contributed by atoms with E-state index in [1.807, 2.05) is 0 Å². The minimum absolute atomic E-state index is 0.203. The van der Waals surface area contributed by atoms with E-state index in [1.165, 1.54) is 13.2 Å². The van der Waals surface area contributed by atoms with Crippen LogP contribution in [0.5, 0.6) is 5.75 Å². The smallest absolute Gasteiger partial charge is 0.347 e. The van der Waals surface area contributed by atoms with Crippen molar-refractivity contribution in [3.05, 3.63) is 29.8 Å². The SMILES string of the molecule is COC(=O)C(Oc1cccc(C(N)=O)c1)C1CC1. The second kappa shape index (κ2) is 5.08. The van der Waals surface area contributed by atoms with Gasteiger partial charge in [0.1, 0.15) is 5.75 Å². The number of carbonyl (C=O) groups excluding carboxylic acids is 2. The van der Waals surface area contributed by atoms with Gasteiger partial charge in [0.25, 0.3) is 0 Å². The fraction of sp³-hybridized carbons (Fsp3) is 0.385. The van der Waals surface area contributed by atoms with Gasteiger partial charge in [-0.15, -0.1) is 0 Å². The molecular formula is C13H15NO4. The Morgan fingerprint density at radius 1 is 1.39 bits per heavy atom. The number of rotatable bonds is 5. The molecule has 0 bridgehead atoms. The van der Waals surface area contributed by atoms with Crippen LogP contribution in [0, 0.1) is 5.92 Å². The molecule has 1 aromatic rings. The molecule has 96 valence electrons. The maximum atomic E-state index is 11.6. The highest BCUT2D eigenvalue weighted by atomic mass is 16.6. The Bertz CT molecular complexity index is 468. The highest BCUT2D eigenvalue weighted by Gasteiger charge is 2.39. The molecule has 1 fully saturated rings. The van der Waals surface area contributed by atoms with Crippen LogP contribution in [-0.2, 0) is 9.53 Å². The maximum absolute atomic E-state index is 11.6. The molecule has 0 spiro atoms. The Hall–Kier alpha value is -2.04. The zero-order valence-corrected chi connectivity index (χ0v) is 10.1. The van der Waals surface area contributed by atoms with Crippen LogP contribution in [0.15, 0.2) is 24.3 Å². The summed E-state index contributed by atoms with van der Waals surface area (Å²) in [7, 11) is 1.33. The average molecular weight is 249 g/mol. The van der Waals surface area contributed by atoms with Crippen molar-refractivity contribution in [1.29, 1.82) is 0 Å². The molecule has 1 saturated carbocycles. The standard InChI is InChI=1S/C13H15NO4/c1-17-13(16)11(8-5-6-8)18-10-4-2-3-9(7-10)12(14)15/h2-4,7-8,11H,5-6H2,1H3,(H2,14,15). The molecule has 0 radical (unpaired) electrons. The first kappa shape index (κ1) is 12.4. The fourth-order valence-electron chi connectivity index (χ4n) is 1.72. The molecule has 0 aromatic heterocycles. The Morgan fingerprint density at radius 3 is 2.67 bits per heavy atom. The van der Waals surface area contributed by atoms with E-state index >= 15 is 0 Å². The number of primary amides is 1. The topological polar surface area (TPSA) is 78.6 Å². The molecule has 5 nitrogen and oxygen atoms in total. The second-order valence-electron chi connectivity index (χ2n) is 4.29. The van der Waals surface area contributed by atoms with Crippen molar-refractivity contribution in [2.45, 2.75) is 18.9 Å². The summed E-state index contributed by atoms with van der Waals surface area (Å²) < 4.78 is 10.3. The molecule has 1 atom stereocenters. The summed E-state index contributed by atoms with van der Waals surface area (Å²) in [5.41, 5.74) is 5.54. The monoisotopic (exact) mass is 249 g/mol. The number of benzene rings is 1. The number of esters is 1. The predicted octanol–water partition coefficient (Wildman–Crippen LogP) is 1.12. The number of hydrogen-bond donors (Lipinski definition) is 1. The molecule has 1 aromatic carbocycles. The van der Waals surface area contributed by atoms with Gasteiger partial charge in [-0.25, -0.2) is 4.79 Å². The van der Waals surface area contributed by atoms with Gasteiger partial charge in [0.2, 0.25) is 5.91 Å². The molecule has 1 aliphatic rings. The fourth-order valence-corrected chi connectivity index (χ4v) is 1.72. The first-order valence-electron chi connectivity index (χ1n) is 5.76. The van der Waals surface area contributed by atoms with Crippen LogP contribution in [0.1, 0.15) is 23.2 Å². The van der Waals surface area contributed by atoms with Gasteiger partial charge in [-0.1, -0.05) is 6.07 Å². The molecule has 5 heteroatoms. The maximum Gasteiger partial charge on any atom is 0.347 e. The number of methoxy groups -OCH3 is 1. The lowest BCUT2D eigenvalue weighted by Gasteiger charge is -2.16. The lowest BCUT2D eigenvalue weighted by atomic mass is 10.2. The van der Waals surface area contributed by atoms with Crippen LogP contribution < -0.4 is 10.5 Å². The Kier molecular flexibility index (Phi) is 3.50. The van der Waals surface area contributed by atoms with Crippen molar-refractivity contribution in [2.24, 2.45) is 11.7 Å². The van der Waals surface area contributed by atoms with E-state index in [2.05, 4.69) is 0 Å². The van der Waals surface area contributed by atoms with Crippen LogP contribution in [0.2, 0.25) is 0 Å². The number of carbonyl (C=O) groups is 2. The van der Waals surface area contributed by atoms with Crippen molar-refractivity contribution in [3.63, 3.8) is 0 Å². The van der Waals surface area contributed by atoms with Gasteiger partial charge in [0, 0.05) is 11.5 Å². The molecular weight excluding hydrogens is 234 g/mol. The van der Waals surface area contributed by atoms with Crippen LogP contribution >= 0.6 is 0 Å². The molecule has 2 N–H and O–H groups in total. The number of nitrogens with two attached hydrogens (primary N) is 1. The Balaban J connectivity index is 2.13. The highest BCUT2D eigenvalue weighted by Crippen LogP contribution is 2.35. The van der Waals surface area contributed by atoms with Gasteiger partial charge >= 0.3 is 5.97 Å². The number of hydrogen-bond acceptors (Lipinski definition) is 4. The molecule has 1 unspecified atom stereocenters. The number of ether oxygens (including phenoxy) is 2. The summed E-state index contributed by atoms with van der Waals surface area (Å²) in [4.78, 5) is 22.6. The van der Waals surface area contributed by atoms with Crippen LogP contribution in [0.3, 0.4) is 0 Å². The van der Waals surface area contributed by atoms with Gasteiger partial charge in [-0.2, -0.15) is 0 Å². The molecule has 2 rings (SSSR count). The molecule has 1 amide bonds. The quantitative estimate of drug-likeness (QED) is 0.793. The minimum Gasteiger partial charge on any atom is -0.478 e. The summed E-state index contributed by atoms with van der Waals surface area (Å²) in [6.07, 6.45) is 1.31. The van der Waals surface area contributed by atoms with Crippen LogP contribution in [0.25, 0.3) is 0 Å². The minimum atomic E-state index is -0.599. The van der Waals surface area contributed by atoms with E-state index in [0.717, 1.165) is 12.8 Å². The third-order valence-corrected chi connectivity index (χ3v) is 2.87. The summed E-state index contributed by atoms with van der Waals surface area (Å²) in [5, 5.41) is 0. The van der Waals surface area contributed by atoms with Crippen molar-refractivity contribution in [1.82, 2.24) is 0 Å². The predicted molar refractivity (Wildman–Crippen MR) is 64.1 cm³/mol. The third kappa shape index (κ3) is 2.80. The zero-order valence-electron chi connectivity index (χ0n) is 10.1. The largest absolute Gasteiger partial charge is 0.478 e. The van der Waals surface area contributed by atoms with E-state index < -0.39 is 12.0 Å². The Labute approximate surface area is 105 Å². The van der Waals surface area contributed by atoms with E-state index in [1.54, 1.807) is 18.2 Å². The molecule has 0 heterocycles. The summed E-state index contributed by atoms with van der Waals surface area (Å²) in [5.74, 6) is -0.258. The van der Waals surface area contributed by atoms with E-state index in [0.29, 0.717) is 11.3 Å². The van der Waals surface area contributed by atoms with E-state index in [-0.39, 0.29) is 11.9 Å². The lowest BCUT2D eigenvalue weighted by Crippen LogP contribution is -2.30. The normalized spacial score (nSPS) is 15.8. The van der Waals surface area contributed by atoms with Crippen LogP contribution in [-0.4, -0.2) is 25.1 Å². The molecule has 0 saturated heterocycles. The third-order valence-electron chi connectivity index (χ3n) is 2.87. The first-order valence-corrected chi connectivity index (χ1v) is 5.76. The van der Waals surface area contributed by atoms with Crippen LogP contribution in [0.4, 0.5) is 0 Å². The van der Waals surface area contributed by atoms with Gasteiger partial charge in [-0.3, -0.25) is 4.79 Å². The summed E-state index contributed by atoms with van der Waals surface area (Å²) in [6.45, 7) is 0. The van der Waals surface area contributed by atoms with Crippen molar-refractivity contribution >= 4 is 11.9 Å². The van der Waals surface area contributed by atoms with E-state index in [4.69, 9.17) is 15.2 Å². The van der Waals surface area contributed by atoms with Crippen molar-refractivity contribution in [2.75, 3.05) is 7.11 Å². The van der Waals surface area contributed by atoms with E-state index in [9.17, 15) is 9.59 Å². The van der Waals surface area contributed by atoms with Gasteiger partial charge in [0.15, 0.2) is 6.10 Å². The Morgan fingerprint density at radius 2 is 2.11 bits per heavy atom. The van der Waals surface area contributed by atoms with Gasteiger partial charge in [0.05, 0.1) is 7.11 Å². The number of amides is 1. The van der Waals surface area contributed by atoms with Crippen molar-refractivity contribution in [3.8, 4) is 5.75 Å². The highest BCUT2D eigenvalue weighted by molar-refractivity contribution is 5.93. The zero-order chi connectivity index (χ0) is 13.1.